The van der Waals surface area contributed by atoms with E-state index in [2.05, 4.69) is 31.1 Å². The van der Waals surface area contributed by atoms with Gasteiger partial charge in [-0.15, -0.1) is 0 Å². The number of nitrogens with zero attached hydrogens (tertiary/aromatic N) is 1. The average molecular weight is 289 g/mol. The number of hydrogen-bond donors (Lipinski definition) is 1. The predicted octanol–water partition coefficient (Wildman–Crippen LogP) is 4.28. The number of rotatable bonds is 2. The molecule has 2 rings (SSSR count). The third-order valence-corrected chi connectivity index (χ3v) is 3.14. The Morgan fingerprint density at radius 2 is 1.80 bits per heavy atom. The molecule has 0 bridgehead atoms. The summed E-state index contributed by atoms with van der Waals surface area (Å²) in [6.07, 6.45) is 1.71. The molecule has 0 saturated carbocycles. The molecular formula is C16H17ClN2O. The number of aromatic nitrogens is 1. The second-order valence-corrected chi connectivity index (χ2v) is 6.08. The molecule has 1 aromatic heterocycles. The summed E-state index contributed by atoms with van der Waals surface area (Å²) in [6, 6.07) is 10.5. The van der Waals surface area contributed by atoms with Gasteiger partial charge in [-0.05, 0) is 36.4 Å². The summed E-state index contributed by atoms with van der Waals surface area (Å²) in [7, 11) is 0. The van der Waals surface area contributed by atoms with Gasteiger partial charge in [0.05, 0.1) is 0 Å². The van der Waals surface area contributed by atoms with E-state index in [0.29, 0.717) is 10.6 Å². The normalized spacial score (nSPS) is 11.2. The fraction of sp³-hybridized carbons (Fsp3) is 0.250. The fourth-order valence-electron chi connectivity index (χ4n) is 1.72. The molecule has 0 saturated heterocycles. The number of amides is 1. The van der Waals surface area contributed by atoms with Crippen LogP contribution in [0.25, 0.3) is 0 Å². The van der Waals surface area contributed by atoms with E-state index in [9.17, 15) is 4.79 Å². The van der Waals surface area contributed by atoms with Gasteiger partial charge in [0.2, 0.25) is 0 Å². The van der Waals surface area contributed by atoms with E-state index in [4.69, 9.17) is 11.6 Å². The number of hydrogen-bond acceptors (Lipinski definition) is 2. The Bertz CT molecular complexity index is 615. The van der Waals surface area contributed by atoms with Crippen molar-refractivity contribution in [3.63, 3.8) is 0 Å². The van der Waals surface area contributed by atoms with Crippen molar-refractivity contribution in [3.05, 3.63) is 58.9 Å². The van der Waals surface area contributed by atoms with Gasteiger partial charge in [0.25, 0.3) is 5.91 Å². The Morgan fingerprint density at radius 1 is 1.15 bits per heavy atom. The van der Waals surface area contributed by atoms with E-state index in [0.717, 1.165) is 11.4 Å². The first-order chi connectivity index (χ1) is 9.36. The minimum Gasteiger partial charge on any atom is -0.322 e. The van der Waals surface area contributed by atoms with Crippen LogP contribution in [0.2, 0.25) is 5.02 Å². The summed E-state index contributed by atoms with van der Waals surface area (Å²) in [5.41, 5.74) is 2.20. The highest BCUT2D eigenvalue weighted by Crippen LogP contribution is 2.22. The molecule has 4 heteroatoms. The standard InChI is InChI=1S/C16H17ClN2O/c1-16(2,3)14-10-13(8-9-18-14)19-15(20)11-4-6-12(17)7-5-11/h4-10H,1-3H3,(H,18,19,20). The smallest absolute Gasteiger partial charge is 0.255 e. The molecule has 1 aromatic carbocycles. The van der Waals surface area contributed by atoms with E-state index in [-0.39, 0.29) is 11.3 Å². The summed E-state index contributed by atoms with van der Waals surface area (Å²) in [5, 5.41) is 3.48. The van der Waals surface area contributed by atoms with Crippen LogP contribution in [-0.2, 0) is 5.41 Å². The summed E-state index contributed by atoms with van der Waals surface area (Å²) >= 11 is 5.81. The molecule has 1 heterocycles. The number of carbonyl (C=O) groups is 1. The maximum absolute atomic E-state index is 12.1. The van der Waals surface area contributed by atoms with E-state index >= 15 is 0 Å². The van der Waals surface area contributed by atoms with Crippen molar-refractivity contribution in [1.82, 2.24) is 4.98 Å². The molecule has 1 amide bonds. The third kappa shape index (κ3) is 3.58. The molecule has 0 fully saturated rings. The molecule has 1 N–H and O–H groups in total. The van der Waals surface area contributed by atoms with Gasteiger partial charge in [-0.3, -0.25) is 9.78 Å². The van der Waals surface area contributed by atoms with Gasteiger partial charge in [0.1, 0.15) is 0 Å². The van der Waals surface area contributed by atoms with Crippen LogP contribution in [-0.4, -0.2) is 10.9 Å². The highest BCUT2D eigenvalue weighted by atomic mass is 35.5. The van der Waals surface area contributed by atoms with Gasteiger partial charge in [-0.25, -0.2) is 0 Å². The Labute approximate surface area is 124 Å². The lowest BCUT2D eigenvalue weighted by Crippen LogP contribution is -2.16. The zero-order chi connectivity index (χ0) is 14.8. The van der Waals surface area contributed by atoms with Crippen LogP contribution in [0, 0.1) is 0 Å². The van der Waals surface area contributed by atoms with Crippen LogP contribution in [0.5, 0.6) is 0 Å². The fourth-order valence-corrected chi connectivity index (χ4v) is 1.85. The number of benzene rings is 1. The lowest BCUT2D eigenvalue weighted by Gasteiger charge is -2.18. The highest BCUT2D eigenvalue weighted by molar-refractivity contribution is 6.30. The zero-order valence-electron chi connectivity index (χ0n) is 11.8. The van der Waals surface area contributed by atoms with Gasteiger partial charge < -0.3 is 5.32 Å². The van der Waals surface area contributed by atoms with Crippen LogP contribution < -0.4 is 5.32 Å². The maximum Gasteiger partial charge on any atom is 0.255 e. The summed E-state index contributed by atoms with van der Waals surface area (Å²) in [6.45, 7) is 6.25. The molecule has 0 atom stereocenters. The number of carbonyl (C=O) groups excluding carboxylic acids is 1. The van der Waals surface area contributed by atoms with E-state index in [1.807, 2.05) is 6.07 Å². The molecule has 0 aliphatic rings. The number of pyridine rings is 1. The minimum absolute atomic E-state index is 0.0546. The molecule has 0 aliphatic carbocycles. The predicted molar refractivity (Wildman–Crippen MR) is 82.3 cm³/mol. The van der Waals surface area contributed by atoms with Gasteiger partial charge in [-0.2, -0.15) is 0 Å². The minimum atomic E-state index is -0.160. The van der Waals surface area contributed by atoms with Crippen LogP contribution in [0.1, 0.15) is 36.8 Å². The summed E-state index contributed by atoms with van der Waals surface area (Å²) < 4.78 is 0. The van der Waals surface area contributed by atoms with Crippen molar-refractivity contribution in [2.75, 3.05) is 5.32 Å². The van der Waals surface area contributed by atoms with Crippen molar-refractivity contribution in [2.45, 2.75) is 26.2 Å². The van der Waals surface area contributed by atoms with Crippen molar-refractivity contribution >= 4 is 23.2 Å². The quantitative estimate of drug-likeness (QED) is 0.896. The molecule has 0 spiro atoms. The molecule has 20 heavy (non-hydrogen) atoms. The lowest BCUT2D eigenvalue weighted by molar-refractivity contribution is 0.102. The Morgan fingerprint density at radius 3 is 2.40 bits per heavy atom. The van der Waals surface area contributed by atoms with E-state index in [1.54, 1.807) is 36.5 Å². The van der Waals surface area contributed by atoms with Gasteiger partial charge >= 0.3 is 0 Å². The Hall–Kier alpha value is -1.87. The van der Waals surface area contributed by atoms with Gasteiger partial charge in [0, 0.05) is 33.6 Å². The first-order valence-electron chi connectivity index (χ1n) is 6.40. The number of halogens is 1. The summed E-state index contributed by atoms with van der Waals surface area (Å²) in [5.74, 6) is -0.160. The van der Waals surface area contributed by atoms with Crippen molar-refractivity contribution in [2.24, 2.45) is 0 Å². The third-order valence-electron chi connectivity index (χ3n) is 2.89. The van der Waals surface area contributed by atoms with E-state index in [1.165, 1.54) is 0 Å². The highest BCUT2D eigenvalue weighted by Gasteiger charge is 2.16. The average Bonchev–Trinajstić information content (AvgIpc) is 2.38. The first kappa shape index (κ1) is 14.5. The van der Waals surface area contributed by atoms with Crippen molar-refractivity contribution in [3.8, 4) is 0 Å². The second kappa shape index (κ2) is 5.63. The van der Waals surface area contributed by atoms with Gasteiger partial charge in [-0.1, -0.05) is 32.4 Å². The molecule has 2 aromatic rings. The van der Waals surface area contributed by atoms with Gasteiger partial charge in [0.15, 0.2) is 0 Å². The molecular weight excluding hydrogens is 272 g/mol. The SMILES string of the molecule is CC(C)(C)c1cc(NC(=O)c2ccc(Cl)cc2)ccn1. The van der Waals surface area contributed by atoms with Crippen LogP contribution in [0.15, 0.2) is 42.6 Å². The van der Waals surface area contributed by atoms with Crippen molar-refractivity contribution < 1.29 is 4.79 Å². The van der Waals surface area contributed by atoms with Crippen LogP contribution in [0.4, 0.5) is 5.69 Å². The lowest BCUT2D eigenvalue weighted by atomic mass is 9.91. The largest absolute Gasteiger partial charge is 0.322 e. The monoisotopic (exact) mass is 288 g/mol. The first-order valence-corrected chi connectivity index (χ1v) is 6.77. The topological polar surface area (TPSA) is 42.0 Å². The molecule has 104 valence electrons. The molecule has 0 radical (unpaired) electrons. The summed E-state index contributed by atoms with van der Waals surface area (Å²) in [4.78, 5) is 16.4. The number of nitrogens with one attached hydrogen (secondary N) is 1. The molecule has 3 nitrogen and oxygen atoms in total. The molecule has 0 aliphatic heterocycles. The van der Waals surface area contributed by atoms with Crippen LogP contribution in [0.3, 0.4) is 0 Å². The second-order valence-electron chi connectivity index (χ2n) is 5.64. The van der Waals surface area contributed by atoms with Crippen LogP contribution >= 0.6 is 11.6 Å². The Balaban J connectivity index is 2.18. The maximum atomic E-state index is 12.1. The van der Waals surface area contributed by atoms with E-state index < -0.39 is 0 Å². The molecule has 0 unspecified atom stereocenters. The zero-order valence-corrected chi connectivity index (χ0v) is 12.5. The van der Waals surface area contributed by atoms with Crippen molar-refractivity contribution in [1.29, 1.82) is 0 Å². The Kier molecular flexibility index (Phi) is 4.09. The number of anilines is 1.